The summed E-state index contributed by atoms with van der Waals surface area (Å²) in [6.07, 6.45) is 0. The van der Waals surface area contributed by atoms with Crippen LogP contribution in [-0.4, -0.2) is 48.9 Å². The molecule has 1 aliphatic heterocycles. The molecule has 114 valence electrons. The molecule has 1 aliphatic rings. The number of carbonyl (C=O) groups is 2. The molecule has 2 N–H and O–H groups in total. The Morgan fingerprint density at radius 1 is 1.48 bits per heavy atom. The van der Waals surface area contributed by atoms with Gasteiger partial charge in [0, 0.05) is 36.8 Å². The van der Waals surface area contributed by atoms with Gasteiger partial charge in [-0.2, -0.15) is 0 Å². The zero-order chi connectivity index (χ0) is 15.4. The van der Waals surface area contributed by atoms with Gasteiger partial charge in [0.2, 0.25) is 5.91 Å². The van der Waals surface area contributed by atoms with Gasteiger partial charge in [0.1, 0.15) is 6.04 Å². The molecular weight excluding hydrogens is 290 g/mol. The fourth-order valence-electron chi connectivity index (χ4n) is 2.37. The predicted molar refractivity (Wildman–Crippen MR) is 82.6 cm³/mol. The van der Waals surface area contributed by atoms with E-state index in [9.17, 15) is 9.59 Å². The molecule has 1 aromatic rings. The predicted octanol–water partition coefficient (Wildman–Crippen LogP) is 1.20. The van der Waals surface area contributed by atoms with Gasteiger partial charge >= 0.3 is 0 Å². The number of likely N-dealkylation sites (N-methyl/N-ethyl adjacent to an activating group) is 1. The Morgan fingerprint density at radius 3 is 2.90 bits per heavy atom. The Balaban J connectivity index is 2.21. The van der Waals surface area contributed by atoms with Gasteiger partial charge in [-0.3, -0.25) is 9.59 Å². The maximum absolute atomic E-state index is 12.6. The number of nitrogens with one attached hydrogen (secondary N) is 2. The Labute approximate surface area is 129 Å². The normalized spacial score (nSPS) is 18.4. The molecule has 0 bridgehead atoms. The minimum atomic E-state index is -0.480. The average molecular weight is 310 g/mol. The van der Waals surface area contributed by atoms with Crippen LogP contribution in [0.15, 0.2) is 18.2 Å². The SMILES string of the molecule is CCNC(=O)C1CNCCN1C(=O)c1ccc(C)c(Cl)c1. The lowest BCUT2D eigenvalue weighted by Crippen LogP contribution is -2.59. The maximum atomic E-state index is 12.6. The highest BCUT2D eigenvalue weighted by Gasteiger charge is 2.32. The number of amides is 2. The second-order valence-electron chi connectivity index (χ2n) is 5.08. The van der Waals surface area contributed by atoms with Gasteiger partial charge in [-0.15, -0.1) is 0 Å². The minimum Gasteiger partial charge on any atom is -0.355 e. The molecule has 1 saturated heterocycles. The number of halogens is 1. The first kappa shape index (κ1) is 15.8. The van der Waals surface area contributed by atoms with Crippen LogP contribution in [0.2, 0.25) is 5.02 Å². The van der Waals surface area contributed by atoms with E-state index in [4.69, 9.17) is 11.6 Å². The lowest BCUT2D eigenvalue weighted by molar-refractivity contribution is -0.126. The second kappa shape index (κ2) is 6.91. The molecular formula is C15H20ClN3O2. The van der Waals surface area contributed by atoms with E-state index >= 15 is 0 Å². The monoisotopic (exact) mass is 309 g/mol. The van der Waals surface area contributed by atoms with E-state index in [0.717, 1.165) is 5.56 Å². The van der Waals surface area contributed by atoms with E-state index in [0.29, 0.717) is 36.8 Å². The van der Waals surface area contributed by atoms with Crippen molar-refractivity contribution in [3.05, 3.63) is 34.3 Å². The van der Waals surface area contributed by atoms with Crippen molar-refractivity contribution in [1.82, 2.24) is 15.5 Å². The van der Waals surface area contributed by atoms with Crippen molar-refractivity contribution in [2.24, 2.45) is 0 Å². The van der Waals surface area contributed by atoms with Crippen LogP contribution in [-0.2, 0) is 4.79 Å². The standard InChI is InChI=1S/C15H20ClN3O2/c1-3-18-14(20)13-9-17-6-7-19(13)15(21)11-5-4-10(2)12(16)8-11/h4-5,8,13,17H,3,6-7,9H2,1-2H3,(H,18,20). The molecule has 0 spiro atoms. The number of rotatable bonds is 3. The lowest BCUT2D eigenvalue weighted by Gasteiger charge is -2.35. The highest BCUT2D eigenvalue weighted by Crippen LogP contribution is 2.19. The third-order valence-electron chi connectivity index (χ3n) is 3.58. The summed E-state index contributed by atoms with van der Waals surface area (Å²) in [6.45, 7) is 5.96. The largest absolute Gasteiger partial charge is 0.355 e. The van der Waals surface area contributed by atoms with Gasteiger partial charge in [-0.1, -0.05) is 17.7 Å². The summed E-state index contributed by atoms with van der Waals surface area (Å²) in [5.41, 5.74) is 1.44. The smallest absolute Gasteiger partial charge is 0.254 e. The van der Waals surface area contributed by atoms with Gasteiger partial charge in [-0.05, 0) is 31.5 Å². The van der Waals surface area contributed by atoms with Crippen LogP contribution in [0.5, 0.6) is 0 Å². The maximum Gasteiger partial charge on any atom is 0.254 e. The third-order valence-corrected chi connectivity index (χ3v) is 3.98. The first-order chi connectivity index (χ1) is 10.0. The minimum absolute atomic E-state index is 0.128. The third kappa shape index (κ3) is 3.54. The molecule has 1 aromatic carbocycles. The quantitative estimate of drug-likeness (QED) is 0.882. The first-order valence-electron chi connectivity index (χ1n) is 7.10. The molecule has 0 radical (unpaired) electrons. The Hall–Kier alpha value is -1.59. The molecule has 0 aromatic heterocycles. The number of carbonyl (C=O) groups excluding carboxylic acids is 2. The van der Waals surface area contributed by atoms with Crippen LogP contribution in [0.25, 0.3) is 0 Å². The van der Waals surface area contributed by atoms with Crippen LogP contribution in [0.4, 0.5) is 0 Å². The Morgan fingerprint density at radius 2 is 2.24 bits per heavy atom. The number of benzene rings is 1. The fraction of sp³-hybridized carbons (Fsp3) is 0.467. The molecule has 1 unspecified atom stereocenters. The van der Waals surface area contributed by atoms with Crippen molar-refractivity contribution < 1.29 is 9.59 Å². The van der Waals surface area contributed by atoms with Crippen LogP contribution >= 0.6 is 11.6 Å². The van der Waals surface area contributed by atoms with Gasteiger partial charge in [0.15, 0.2) is 0 Å². The zero-order valence-electron chi connectivity index (χ0n) is 12.3. The highest BCUT2D eigenvalue weighted by atomic mass is 35.5. The van der Waals surface area contributed by atoms with E-state index in [1.165, 1.54) is 0 Å². The van der Waals surface area contributed by atoms with Crippen molar-refractivity contribution in [2.45, 2.75) is 19.9 Å². The molecule has 2 amide bonds. The average Bonchev–Trinajstić information content (AvgIpc) is 2.49. The number of piperazine rings is 1. The van der Waals surface area contributed by atoms with Gasteiger partial charge in [0.25, 0.3) is 5.91 Å². The molecule has 1 atom stereocenters. The van der Waals surface area contributed by atoms with Gasteiger partial charge < -0.3 is 15.5 Å². The first-order valence-corrected chi connectivity index (χ1v) is 7.48. The Bertz CT molecular complexity index is 548. The summed E-state index contributed by atoms with van der Waals surface area (Å²) in [4.78, 5) is 26.3. The van der Waals surface area contributed by atoms with Gasteiger partial charge in [0.05, 0.1) is 0 Å². The van der Waals surface area contributed by atoms with Crippen LogP contribution in [0.3, 0.4) is 0 Å². The van der Waals surface area contributed by atoms with Crippen molar-refractivity contribution in [1.29, 1.82) is 0 Å². The van der Waals surface area contributed by atoms with Crippen molar-refractivity contribution in [2.75, 3.05) is 26.2 Å². The Kier molecular flexibility index (Phi) is 5.20. The van der Waals surface area contributed by atoms with Crippen molar-refractivity contribution >= 4 is 23.4 Å². The molecule has 5 nitrogen and oxygen atoms in total. The lowest BCUT2D eigenvalue weighted by atomic mass is 10.1. The summed E-state index contributed by atoms with van der Waals surface area (Å²) in [7, 11) is 0. The second-order valence-corrected chi connectivity index (χ2v) is 5.48. The van der Waals surface area contributed by atoms with E-state index in [-0.39, 0.29) is 11.8 Å². The number of aryl methyl sites for hydroxylation is 1. The summed E-state index contributed by atoms with van der Waals surface area (Å²) < 4.78 is 0. The van der Waals surface area contributed by atoms with Gasteiger partial charge in [-0.25, -0.2) is 0 Å². The zero-order valence-corrected chi connectivity index (χ0v) is 13.0. The van der Waals surface area contributed by atoms with E-state index in [2.05, 4.69) is 10.6 Å². The molecule has 0 saturated carbocycles. The topological polar surface area (TPSA) is 61.4 Å². The van der Waals surface area contributed by atoms with E-state index in [1.807, 2.05) is 19.9 Å². The van der Waals surface area contributed by atoms with Crippen molar-refractivity contribution in [3.8, 4) is 0 Å². The number of hydrogen-bond acceptors (Lipinski definition) is 3. The number of hydrogen-bond donors (Lipinski definition) is 2. The van der Waals surface area contributed by atoms with Crippen LogP contribution in [0, 0.1) is 6.92 Å². The highest BCUT2D eigenvalue weighted by molar-refractivity contribution is 6.31. The van der Waals surface area contributed by atoms with E-state index < -0.39 is 6.04 Å². The van der Waals surface area contributed by atoms with E-state index in [1.54, 1.807) is 17.0 Å². The molecule has 1 fully saturated rings. The summed E-state index contributed by atoms with van der Waals surface area (Å²) in [6, 6.07) is 4.75. The molecule has 0 aliphatic carbocycles. The molecule has 6 heteroatoms. The summed E-state index contributed by atoms with van der Waals surface area (Å²) in [5.74, 6) is -0.286. The molecule has 21 heavy (non-hydrogen) atoms. The van der Waals surface area contributed by atoms with Crippen LogP contribution < -0.4 is 10.6 Å². The van der Waals surface area contributed by atoms with Crippen LogP contribution in [0.1, 0.15) is 22.8 Å². The summed E-state index contributed by atoms with van der Waals surface area (Å²) in [5, 5.41) is 6.48. The fourth-order valence-corrected chi connectivity index (χ4v) is 2.55. The molecule has 2 rings (SSSR count). The molecule has 1 heterocycles. The summed E-state index contributed by atoms with van der Waals surface area (Å²) >= 11 is 6.08. The van der Waals surface area contributed by atoms with Crippen molar-refractivity contribution in [3.63, 3.8) is 0 Å². The number of nitrogens with zero attached hydrogens (tertiary/aromatic N) is 1.